The molecule has 1 aromatic heterocycles. The van der Waals surface area contributed by atoms with Crippen LogP contribution in [-0.2, 0) is 14.3 Å². The summed E-state index contributed by atoms with van der Waals surface area (Å²) in [6.45, 7) is 7.48. The Kier molecular flexibility index (Phi) is 8.82. The van der Waals surface area contributed by atoms with Crippen molar-refractivity contribution < 1.29 is 19.1 Å². The van der Waals surface area contributed by atoms with Crippen LogP contribution in [0.3, 0.4) is 0 Å². The number of rotatable bonds is 11. The largest absolute Gasteiger partial charge is 0.457 e. The lowest BCUT2D eigenvalue weighted by atomic mass is 9.89. The number of nitrogens with two attached hydrogens (primary N) is 1. The Morgan fingerprint density at radius 1 is 1.11 bits per heavy atom. The molecule has 0 saturated carbocycles. The van der Waals surface area contributed by atoms with E-state index in [4.69, 9.17) is 15.2 Å². The zero-order valence-electron chi connectivity index (χ0n) is 21.2. The summed E-state index contributed by atoms with van der Waals surface area (Å²) in [7, 11) is 0. The molecule has 192 valence electrons. The molecule has 0 aliphatic rings. The Morgan fingerprint density at radius 2 is 1.81 bits per heavy atom. The van der Waals surface area contributed by atoms with Gasteiger partial charge in [0.2, 0.25) is 12.7 Å². The summed E-state index contributed by atoms with van der Waals surface area (Å²) in [5.41, 5.74) is 5.93. The molecule has 0 radical (unpaired) electrons. The van der Waals surface area contributed by atoms with Gasteiger partial charge in [0.15, 0.2) is 0 Å². The molecule has 2 aromatic carbocycles. The van der Waals surface area contributed by atoms with Gasteiger partial charge in [0.25, 0.3) is 5.56 Å². The van der Waals surface area contributed by atoms with Gasteiger partial charge in [0.1, 0.15) is 11.6 Å². The van der Waals surface area contributed by atoms with Crippen molar-refractivity contribution in [2.75, 3.05) is 13.3 Å². The average molecular weight is 495 g/mol. The van der Waals surface area contributed by atoms with Crippen LogP contribution < -0.4 is 21.3 Å². The summed E-state index contributed by atoms with van der Waals surface area (Å²) in [4.78, 5) is 44.6. The Morgan fingerprint density at radius 3 is 2.56 bits per heavy atom. The third-order valence-corrected chi connectivity index (χ3v) is 5.82. The van der Waals surface area contributed by atoms with Crippen LogP contribution >= 0.6 is 0 Å². The summed E-state index contributed by atoms with van der Waals surface area (Å²) >= 11 is 0. The maximum absolute atomic E-state index is 12.7. The van der Waals surface area contributed by atoms with Crippen LogP contribution in [0.5, 0.6) is 5.75 Å². The van der Waals surface area contributed by atoms with Gasteiger partial charge in [-0.05, 0) is 56.9 Å². The molecule has 1 unspecified atom stereocenters. The summed E-state index contributed by atoms with van der Waals surface area (Å²) < 4.78 is 11.1. The van der Waals surface area contributed by atoms with Gasteiger partial charge in [0.05, 0.1) is 27.9 Å². The molecule has 0 saturated heterocycles. The summed E-state index contributed by atoms with van der Waals surface area (Å²) in [5, 5.41) is 3.28. The van der Waals surface area contributed by atoms with Crippen LogP contribution in [0, 0.1) is 11.3 Å². The lowest BCUT2D eigenvalue weighted by Gasteiger charge is -2.23. The molecule has 0 aliphatic heterocycles. The van der Waals surface area contributed by atoms with Crippen molar-refractivity contribution in [3.63, 3.8) is 0 Å². The minimum atomic E-state index is -0.844. The van der Waals surface area contributed by atoms with Crippen LogP contribution in [0.25, 0.3) is 22.3 Å². The molecule has 0 fully saturated rings. The number of hydrogen-bond donors (Lipinski definition) is 3. The van der Waals surface area contributed by atoms with Crippen LogP contribution in [0.4, 0.5) is 0 Å². The predicted molar refractivity (Wildman–Crippen MR) is 138 cm³/mol. The Balaban J connectivity index is 1.58. The minimum Gasteiger partial charge on any atom is -0.457 e. The zero-order chi connectivity index (χ0) is 26.3. The van der Waals surface area contributed by atoms with E-state index in [0.29, 0.717) is 53.3 Å². The Hall–Kier alpha value is -3.72. The van der Waals surface area contributed by atoms with Gasteiger partial charge in [-0.25, -0.2) is 4.98 Å². The van der Waals surface area contributed by atoms with Crippen molar-refractivity contribution in [3.05, 3.63) is 58.9 Å². The molecule has 1 heterocycles. The van der Waals surface area contributed by atoms with Crippen molar-refractivity contribution in [3.8, 4) is 17.1 Å². The van der Waals surface area contributed by atoms with Crippen molar-refractivity contribution in [1.29, 1.82) is 0 Å². The first kappa shape index (κ1) is 26.9. The minimum absolute atomic E-state index is 0.229. The predicted octanol–water partition coefficient (Wildman–Crippen LogP) is 3.38. The number of fused-ring (bicyclic) bond motifs is 1. The molecule has 36 heavy (non-hydrogen) atoms. The van der Waals surface area contributed by atoms with Crippen LogP contribution in [0.15, 0.2) is 53.3 Å². The second-order valence-corrected chi connectivity index (χ2v) is 9.78. The van der Waals surface area contributed by atoms with E-state index in [-0.39, 0.29) is 18.3 Å². The highest BCUT2D eigenvalue weighted by molar-refractivity contribution is 5.82. The first-order chi connectivity index (χ1) is 17.1. The number of carbonyl (C=O) groups excluding carboxylic acids is 2. The number of nitrogens with one attached hydrogen (secondary N) is 2. The highest BCUT2D eigenvalue weighted by Crippen LogP contribution is 2.28. The lowest BCUT2D eigenvalue weighted by Crippen LogP contribution is -2.43. The first-order valence-corrected chi connectivity index (χ1v) is 12.0. The SMILES string of the molecule is CC(C)CC(N)C(=O)NCCC(C)(C)C(=O)OCOc1ccccc1-c1nc2ccccc2c(=O)[nH]1. The fourth-order valence-corrected chi connectivity index (χ4v) is 3.69. The van der Waals surface area contributed by atoms with Gasteiger partial charge < -0.3 is 25.5 Å². The molecule has 3 rings (SSSR count). The molecule has 9 nitrogen and oxygen atoms in total. The van der Waals surface area contributed by atoms with Crippen LogP contribution in [0.2, 0.25) is 0 Å². The monoisotopic (exact) mass is 494 g/mol. The van der Waals surface area contributed by atoms with E-state index in [9.17, 15) is 14.4 Å². The number of benzene rings is 2. The number of ether oxygens (including phenoxy) is 2. The topological polar surface area (TPSA) is 136 Å². The van der Waals surface area contributed by atoms with Gasteiger partial charge in [-0.1, -0.05) is 38.1 Å². The van der Waals surface area contributed by atoms with Crippen LogP contribution in [0.1, 0.15) is 40.5 Å². The molecule has 9 heteroatoms. The van der Waals surface area contributed by atoms with Gasteiger partial charge in [-0.2, -0.15) is 0 Å². The third kappa shape index (κ3) is 6.91. The molecular weight excluding hydrogens is 460 g/mol. The Bertz CT molecular complexity index is 1270. The van der Waals surface area contributed by atoms with Gasteiger partial charge in [0, 0.05) is 6.54 Å². The van der Waals surface area contributed by atoms with E-state index in [2.05, 4.69) is 15.3 Å². The quantitative estimate of drug-likeness (QED) is 0.275. The average Bonchev–Trinajstić information content (AvgIpc) is 2.83. The van der Waals surface area contributed by atoms with E-state index >= 15 is 0 Å². The third-order valence-electron chi connectivity index (χ3n) is 5.82. The summed E-state index contributed by atoms with van der Waals surface area (Å²) in [6, 6.07) is 13.5. The van der Waals surface area contributed by atoms with E-state index in [1.807, 2.05) is 19.9 Å². The number of hydrogen-bond acceptors (Lipinski definition) is 7. The van der Waals surface area contributed by atoms with Crippen molar-refractivity contribution in [1.82, 2.24) is 15.3 Å². The highest BCUT2D eigenvalue weighted by atomic mass is 16.7. The number of carbonyl (C=O) groups is 2. The number of esters is 1. The van der Waals surface area contributed by atoms with Crippen molar-refractivity contribution in [2.24, 2.45) is 17.1 Å². The molecule has 4 N–H and O–H groups in total. The van der Waals surface area contributed by atoms with Gasteiger partial charge in [-0.15, -0.1) is 0 Å². The summed E-state index contributed by atoms with van der Waals surface area (Å²) in [5.74, 6) is 0.394. The molecule has 0 aliphatic carbocycles. The normalized spacial score (nSPS) is 12.4. The first-order valence-electron chi connectivity index (χ1n) is 12.0. The number of nitrogens with zero attached hydrogens (tertiary/aromatic N) is 1. The molecule has 3 aromatic rings. The van der Waals surface area contributed by atoms with E-state index in [1.54, 1.807) is 56.3 Å². The second-order valence-electron chi connectivity index (χ2n) is 9.78. The van der Waals surface area contributed by atoms with E-state index in [0.717, 1.165) is 0 Å². The number of aromatic amines is 1. The maximum Gasteiger partial charge on any atom is 0.314 e. The molecular formula is C27H34N4O5. The zero-order valence-corrected chi connectivity index (χ0v) is 21.2. The molecule has 1 atom stereocenters. The molecule has 0 spiro atoms. The highest BCUT2D eigenvalue weighted by Gasteiger charge is 2.29. The van der Waals surface area contributed by atoms with E-state index < -0.39 is 17.4 Å². The van der Waals surface area contributed by atoms with Crippen LogP contribution in [-0.4, -0.2) is 41.2 Å². The Labute approximate surface area is 210 Å². The smallest absolute Gasteiger partial charge is 0.314 e. The fourth-order valence-electron chi connectivity index (χ4n) is 3.69. The molecule has 0 bridgehead atoms. The fraction of sp³-hybridized carbons (Fsp3) is 0.407. The number of para-hydroxylation sites is 2. The second kappa shape index (κ2) is 11.8. The lowest BCUT2D eigenvalue weighted by molar-refractivity contribution is -0.161. The standard InChI is InChI=1S/C27H34N4O5/c1-17(2)15-20(28)25(33)29-14-13-27(3,4)26(34)36-16-35-22-12-8-6-10-19(22)23-30-21-11-7-5-9-18(21)24(32)31-23/h5-12,17,20H,13-16,28H2,1-4H3,(H,29,33)(H,30,31,32). The summed E-state index contributed by atoms with van der Waals surface area (Å²) in [6.07, 6.45) is 0.976. The van der Waals surface area contributed by atoms with Crippen molar-refractivity contribution in [2.45, 2.75) is 46.6 Å². The maximum atomic E-state index is 12.7. The van der Waals surface area contributed by atoms with Gasteiger partial charge in [-0.3, -0.25) is 14.4 Å². The van der Waals surface area contributed by atoms with E-state index in [1.165, 1.54) is 0 Å². The molecule has 1 amide bonds. The van der Waals surface area contributed by atoms with Gasteiger partial charge >= 0.3 is 5.97 Å². The number of aromatic nitrogens is 2. The number of amides is 1. The van der Waals surface area contributed by atoms with Crippen molar-refractivity contribution >= 4 is 22.8 Å². The number of H-pyrrole nitrogens is 1.